The van der Waals surface area contributed by atoms with Gasteiger partial charge in [-0.15, -0.1) is 0 Å². The van der Waals surface area contributed by atoms with E-state index in [-0.39, 0.29) is 11.9 Å². The number of halogens is 1. The lowest BCUT2D eigenvalue weighted by molar-refractivity contribution is 0.411. The molecule has 1 aromatic heterocycles. The Bertz CT molecular complexity index is 531. The molecule has 2 aromatic rings. The molecule has 0 aliphatic heterocycles. The van der Waals surface area contributed by atoms with E-state index < -0.39 is 0 Å². The first kappa shape index (κ1) is 12.5. The standard InChI is InChI=1S/C14H15FN2O/c1-18-12-6-11(8-17-9-12)14(16)7-10-4-2-3-5-13(10)15/h2-6,8-9,14H,7,16H2,1H3. The first-order valence-electron chi connectivity index (χ1n) is 5.68. The Balaban J connectivity index is 2.16. The van der Waals surface area contributed by atoms with Gasteiger partial charge in [0.2, 0.25) is 0 Å². The van der Waals surface area contributed by atoms with Crippen molar-refractivity contribution in [1.29, 1.82) is 0 Å². The summed E-state index contributed by atoms with van der Waals surface area (Å²) in [5.74, 6) is 0.417. The SMILES string of the molecule is COc1cncc(C(N)Cc2ccccc2F)c1. The molecule has 94 valence electrons. The highest BCUT2D eigenvalue weighted by molar-refractivity contribution is 5.28. The number of methoxy groups -OCH3 is 1. The number of hydrogen-bond donors (Lipinski definition) is 1. The highest BCUT2D eigenvalue weighted by Crippen LogP contribution is 2.20. The fourth-order valence-electron chi connectivity index (χ4n) is 1.77. The minimum atomic E-state index is -0.301. The first-order valence-corrected chi connectivity index (χ1v) is 5.68. The van der Waals surface area contributed by atoms with E-state index in [9.17, 15) is 4.39 Å². The predicted octanol–water partition coefficient (Wildman–Crippen LogP) is 2.47. The molecule has 2 N–H and O–H groups in total. The second-order valence-electron chi connectivity index (χ2n) is 4.06. The number of nitrogens with zero attached hydrogens (tertiary/aromatic N) is 1. The van der Waals surface area contributed by atoms with E-state index in [2.05, 4.69) is 4.98 Å². The van der Waals surface area contributed by atoms with Crippen molar-refractivity contribution in [3.63, 3.8) is 0 Å². The second kappa shape index (κ2) is 5.60. The maximum atomic E-state index is 13.5. The largest absolute Gasteiger partial charge is 0.495 e. The number of pyridine rings is 1. The van der Waals surface area contributed by atoms with Crippen LogP contribution < -0.4 is 10.5 Å². The summed E-state index contributed by atoms with van der Waals surface area (Å²) in [6.45, 7) is 0. The Morgan fingerprint density at radius 2 is 2.11 bits per heavy atom. The van der Waals surface area contributed by atoms with Crippen molar-refractivity contribution in [2.24, 2.45) is 5.73 Å². The fraction of sp³-hybridized carbons (Fsp3) is 0.214. The van der Waals surface area contributed by atoms with Gasteiger partial charge in [-0.2, -0.15) is 0 Å². The number of aromatic nitrogens is 1. The summed E-state index contributed by atoms with van der Waals surface area (Å²) >= 11 is 0. The van der Waals surface area contributed by atoms with Gasteiger partial charge in [0.25, 0.3) is 0 Å². The summed E-state index contributed by atoms with van der Waals surface area (Å²) in [5.41, 5.74) is 7.49. The third kappa shape index (κ3) is 2.84. The number of rotatable bonds is 4. The van der Waals surface area contributed by atoms with E-state index >= 15 is 0 Å². The molecule has 0 saturated carbocycles. The van der Waals surface area contributed by atoms with Gasteiger partial charge in [0, 0.05) is 12.2 Å². The van der Waals surface area contributed by atoms with Gasteiger partial charge in [0.05, 0.1) is 13.3 Å². The van der Waals surface area contributed by atoms with Crippen LogP contribution in [0.3, 0.4) is 0 Å². The number of ether oxygens (including phenoxy) is 1. The number of hydrogen-bond acceptors (Lipinski definition) is 3. The Kier molecular flexibility index (Phi) is 3.89. The lowest BCUT2D eigenvalue weighted by atomic mass is 10.0. The molecule has 0 aliphatic carbocycles. The van der Waals surface area contributed by atoms with E-state index in [4.69, 9.17) is 10.5 Å². The van der Waals surface area contributed by atoms with Crippen LogP contribution in [0.2, 0.25) is 0 Å². The second-order valence-corrected chi connectivity index (χ2v) is 4.06. The molecule has 1 atom stereocenters. The van der Waals surface area contributed by atoms with Crippen molar-refractivity contribution in [3.8, 4) is 5.75 Å². The predicted molar refractivity (Wildman–Crippen MR) is 67.8 cm³/mol. The molecule has 1 heterocycles. The lowest BCUT2D eigenvalue weighted by Crippen LogP contribution is -2.14. The lowest BCUT2D eigenvalue weighted by Gasteiger charge is -2.13. The Morgan fingerprint density at radius 1 is 1.33 bits per heavy atom. The van der Waals surface area contributed by atoms with Gasteiger partial charge in [-0.1, -0.05) is 18.2 Å². The molecule has 0 fully saturated rings. The highest BCUT2D eigenvalue weighted by Gasteiger charge is 2.11. The Hall–Kier alpha value is -1.94. The van der Waals surface area contributed by atoms with E-state index in [0.29, 0.717) is 17.7 Å². The van der Waals surface area contributed by atoms with Crippen LogP contribution in [-0.4, -0.2) is 12.1 Å². The normalized spacial score (nSPS) is 12.2. The van der Waals surface area contributed by atoms with Gasteiger partial charge in [0.15, 0.2) is 0 Å². The molecular weight excluding hydrogens is 231 g/mol. The summed E-state index contributed by atoms with van der Waals surface area (Å²) in [5, 5.41) is 0. The molecule has 2 rings (SSSR count). The Labute approximate surface area is 105 Å². The van der Waals surface area contributed by atoms with E-state index in [1.165, 1.54) is 6.07 Å². The molecule has 0 radical (unpaired) electrons. The van der Waals surface area contributed by atoms with Gasteiger partial charge in [-0.3, -0.25) is 4.98 Å². The molecule has 0 aliphatic rings. The molecule has 4 heteroatoms. The first-order chi connectivity index (χ1) is 8.70. The van der Waals surface area contributed by atoms with Crippen LogP contribution in [0.15, 0.2) is 42.7 Å². The topological polar surface area (TPSA) is 48.1 Å². The van der Waals surface area contributed by atoms with Crippen LogP contribution in [0.5, 0.6) is 5.75 Å². The quantitative estimate of drug-likeness (QED) is 0.901. The minimum absolute atomic E-state index is 0.233. The van der Waals surface area contributed by atoms with Gasteiger partial charge in [0.1, 0.15) is 11.6 Å². The third-order valence-electron chi connectivity index (χ3n) is 2.80. The highest BCUT2D eigenvalue weighted by atomic mass is 19.1. The molecule has 1 aromatic carbocycles. The molecule has 0 bridgehead atoms. The van der Waals surface area contributed by atoms with Crippen LogP contribution in [0.1, 0.15) is 17.2 Å². The Morgan fingerprint density at radius 3 is 2.83 bits per heavy atom. The van der Waals surface area contributed by atoms with Crippen LogP contribution in [-0.2, 0) is 6.42 Å². The van der Waals surface area contributed by atoms with Crippen molar-refractivity contribution in [2.45, 2.75) is 12.5 Å². The average molecular weight is 246 g/mol. The summed E-state index contributed by atoms with van der Waals surface area (Å²) < 4.78 is 18.6. The zero-order valence-corrected chi connectivity index (χ0v) is 10.1. The molecule has 3 nitrogen and oxygen atoms in total. The summed E-state index contributed by atoms with van der Waals surface area (Å²) in [4.78, 5) is 4.04. The summed E-state index contributed by atoms with van der Waals surface area (Å²) in [7, 11) is 1.57. The van der Waals surface area contributed by atoms with Crippen molar-refractivity contribution < 1.29 is 9.13 Å². The van der Waals surface area contributed by atoms with Crippen molar-refractivity contribution in [3.05, 3.63) is 59.7 Å². The molecular formula is C14H15FN2O. The van der Waals surface area contributed by atoms with Gasteiger partial charge >= 0.3 is 0 Å². The van der Waals surface area contributed by atoms with Crippen LogP contribution in [0.25, 0.3) is 0 Å². The number of benzene rings is 1. The minimum Gasteiger partial charge on any atom is -0.495 e. The fourth-order valence-corrected chi connectivity index (χ4v) is 1.77. The van der Waals surface area contributed by atoms with E-state index in [1.54, 1.807) is 37.7 Å². The summed E-state index contributed by atoms with van der Waals surface area (Å²) in [6, 6.07) is 8.16. The summed E-state index contributed by atoms with van der Waals surface area (Å²) in [6.07, 6.45) is 3.72. The maximum Gasteiger partial charge on any atom is 0.137 e. The maximum absolute atomic E-state index is 13.5. The van der Waals surface area contributed by atoms with Gasteiger partial charge in [-0.05, 0) is 29.7 Å². The van der Waals surface area contributed by atoms with Crippen molar-refractivity contribution >= 4 is 0 Å². The van der Waals surface area contributed by atoms with Gasteiger partial charge < -0.3 is 10.5 Å². The average Bonchev–Trinajstić information content (AvgIpc) is 2.41. The zero-order chi connectivity index (χ0) is 13.0. The zero-order valence-electron chi connectivity index (χ0n) is 10.1. The van der Waals surface area contributed by atoms with E-state index in [1.807, 2.05) is 6.07 Å². The molecule has 0 spiro atoms. The third-order valence-corrected chi connectivity index (χ3v) is 2.80. The van der Waals surface area contributed by atoms with Crippen LogP contribution in [0.4, 0.5) is 4.39 Å². The number of nitrogens with two attached hydrogens (primary N) is 1. The molecule has 0 amide bonds. The van der Waals surface area contributed by atoms with E-state index in [0.717, 1.165) is 5.56 Å². The van der Waals surface area contributed by atoms with Crippen LogP contribution in [0, 0.1) is 5.82 Å². The van der Waals surface area contributed by atoms with Crippen molar-refractivity contribution in [1.82, 2.24) is 4.98 Å². The van der Waals surface area contributed by atoms with Crippen LogP contribution >= 0.6 is 0 Å². The molecule has 0 saturated heterocycles. The monoisotopic (exact) mass is 246 g/mol. The smallest absolute Gasteiger partial charge is 0.137 e. The van der Waals surface area contributed by atoms with Gasteiger partial charge in [-0.25, -0.2) is 4.39 Å². The van der Waals surface area contributed by atoms with Crippen molar-refractivity contribution in [2.75, 3.05) is 7.11 Å². The molecule has 18 heavy (non-hydrogen) atoms. The molecule has 1 unspecified atom stereocenters.